The molecule has 0 amide bonds. The number of nitro benzene ring substituents is 1. The third-order valence-corrected chi connectivity index (χ3v) is 6.00. The molecule has 0 bridgehead atoms. The molecule has 1 aliphatic heterocycles. The van der Waals surface area contributed by atoms with Crippen LogP contribution < -0.4 is 4.74 Å². The Morgan fingerprint density at radius 2 is 1.47 bits per heavy atom. The van der Waals surface area contributed by atoms with Crippen LogP contribution in [-0.2, 0) is 4.74 Å². The summed E-state index contributed by atoms with van der Waals surface area (Å²) >= 11 is 0. The van der Waals surface area contributed by atoms with Crippen molar-refractivity contribution in [2.45, 2.75) is 25.0 Å². The van der Waals surface area contributed by atoms with Crippen molar-refractivity contribution in [1.82, 2.24) is 4.90 Å². The Bertz CT molecular complexity index is 1020. The molecule has 3 aromatic rings. The van der Waals surface area contributed by atoms with E-state index in [2.05, 4.69) is 59.5 Å². The van der Waals surface area contributed by atoms with Crippen LogP contribution in [0.4, 0.5) is 5.69 Å². The second-order valence-electron chi connectivity index (χ2n) is 8.34. The van der Waals surface area contributed by atoms with Gasteiger partial charge in [0.15, 0.2) is 5.75 Å². The predicted octanol–water partition coefficient (Wildman–Crippen LogP) is 5.80. The van der Waals surface area contributed by atoms with Gasteiger partial charge < -0.3 is 9.47 Å². The first-order valence-electron chi connectivity index (χ1n) is 11.7. The minimum atomic E-state index is -0.425. The Hall–Kier alpha value is -3.48. The van der Waals surface area contributed by atoms with Gasteiger partial charge in [-0.3, -0.25) is 15.0 Å². The summed E-state index contributed by atoms with van der Waals surface area (Å²) < 4.78 is 12.2. The highest BCUT2D eigenvalue weighted by Crippen LogP contribution is 2.30. The maximum Gasteiger partial charge on any atom is 0.310 e. The van der Waals surface area contributed by atoms with Gasteiger partial charge in [-0.1, -0.05) is 84.9 Å². The van der Waals surface area contributed by atoms with Crippen LogP contribution in [0.2, 0.25) is 0 Å². The number of nitro groups is 1. The van der Waals surface area contributed by atoms with Crippen molar-refractivity contribution < 1.29 is 14.4 Å². The minimum Gasteiger partial charge on any atom is -0.483 e. The van der Waals surface area contributed by atoms with E-state index < -0.39 is 4.92 Å². The van der Waals surface area contributed by atoms with Crippen LogP contribution in [0.1, 0.15) is 30.1 Å². The molecule has 3 aromatic carbocycles. The fraction of sp³-hybridized carbons (Fsp3) is 0.286. The standard InChI is InChI=1S/C28H30N2O4/c31-30(32)26-15-7-8-16-27(26)33-22-10-9-19-29-20-17-25(18-21-29)34-28(23-11-3-1-4-12-23)24-13-5-2-6-14-24/h1-16,25,28H,17-22H2/b10-9-. The van der Waals surface area contributed by atoms with Gasteiger partial charge in [0, 0.05) is 25.7 Å². The molecule has 1 saturated heterocycles. The average Bonchev–Trinajstić information content (AvgIpc) is 2.89. The number of likely N-dealkylation sites (tertiary alicyclic amines) is 1. The Morgan fingerprint density at radius 1 is 0.882 bits per heavy atom. The number of rotatable bonds is 10. The topological polar surface area (TPSA) is 64.8 Å². The molecule has 1 fully saturated rings. The van der Waals surface area contributed by atoms with Crippen molar-refractivity contribution in [1.29, 1.82) is 0 Å². The SMILES string of the molecule is O=[N+]([O-])c1ccccc1OC/C=C\CN1CCC(OC(c2ccccc2)c2ccccc2)CC1. The molecule has 34 heavy (non-hydrogen) atoms. The molecule has 4 rings (SSSR count). The molecule has 0 aromatic heterocycles. The summed E-state index contributed by atoms with van der Waals surface area (Å²) in [6.07, 6.45) is 6.10. The molecule has 6 heteroatoms. The van der Waals surface area contributed by atoms with Gasteiger partial charge in [0.1, 0.15) is 12.7 Å². The van der Waals surface area contributed by atoms with E-state index in [0.29, 0.717) is 12.4 Å². The average molecular weight is 459 g/mol. The van der Waals surface area contributed by atoms with Gasteiger partial charge in [-0.15, -0.1) is 0 Å². The van der Waals surface area contributed by atoms with Gasteiger partial charge in [0.05, 0.1) is 11.0 Å². The first-order valence-corrected chi connectivity index (χ1v) is 11.7. The van der Waals surface area contributed by atoms with Crippen molar-refractivity contribution in [2.24, 2.45) is 0 Å². The molecular formula is C28H30N2O4. The minimum absolute atomic E-state index is 0.0118. The van der Waals surface area contributed by atoms with Crippen molar-refractivity contribution in [3.63, 3.8) is 0 Å². The number of hydrogen-bond acceptors (Lipinski definition) is 5. The monoisotopic (exact) mass is 458 g/mol. The second kappa shape index (κ2) is 12.1. The van der Waals surface area contributed by atoms with E-state index >= 15 is 0 Å². The number of nitrogens with zero attached hydrogens (tertiary/aromatic N) is 2. The van der Waals surface area contributed by atoms with E-state index in [1.54, 1.807) is 18.2 Å². The van der Waals surface area contributed by atoms with E-state index in [-0.39, 0.29) is 17.9 Å². The summed E-state index contributed by atoms with van der Waals surface area (Å²) in [6, 6.07) is 27.3. The van der Waals surface area contributed by atoms with E-state index in [9.17, 15) is 10.1 Å². The van der Waals surface area contributed by atoms with Crippen LogP contribution >= 0.6 is 0 Å². The van der Waals surface area contributed by atoms with Gasteiger partial charge >= 0.3 is 5.69 Å². The Labute approximate surface area is 200 Å². The van der Waals surface area contributed by atoms with Gasteiger partial charge in [0.25, 0.3) is 0 Å². The molecule has 6 nitrogen and oxygen atoms in total. The summed E-state index contributed by atoms with van der Waals surface area (Å²) in [5.74, 6) is 0.293. The van der Waals surface area contributed by atoms with Crippen molar-refractivity contribution >= 4 is 5.69 Å². The second-order valence-corrected chi connectivity index (χ2v) is 8.34. The van der Waals surface area contributed by atoms with Gasteiger partial charge in [-0.05, 0) is 30.0 Å². The summed E-state index contributed by atoms with van der Waals surface area (Å²) in [4.78, 5) is 13.0. The molecule has 1 heterocycles. The van der Waals surface area contributed by atoms with E-state index in [1.807, 2.05) is 18.2 Å². The molecule has 0 unspecified atom stereocenters. The lowest BCUT2D eigenvalue weighted by atomic mass is 10.00. The zero-order chi connectivity index (χ0) is 23.6. The van der Waals surface area contributed by atoms with Crippen LogP contribution in [0.15, 0.2) is 97.1 Å². The van der Waals surface area contributed by atoms with E-state index in [4.69, 9.17) is 9.47 Å². The fourth-order valence-corrected chi connectivity index (χ4v) is 4.19. The molecule has 0 spiro atoms. The molecule has 0 saturated carbocycles. The third-order valence-electron chi connectivity index (χ3n) is 6.00. The van der Waals surface area contributed by atoms with Crippen LogP contribution in [0.25, 0.3) is 0 Å². The summed E-state index contributed by atoms with van der Waals surface area (Å²) in [5, 5.41) is 11.1. The van der Waals surface area contributed by atoms with Crippen molar-refractivity contribution in [3.05, 3.63) is 118 Å². The van der Waals surface area contributed by atoms with Crippen LogP contribution in [-0.4, -0.2) is 42.2 Å². The Kier molecular flexibility index (Phi) is 8.43. The lowest BCUT2D eigenvalue weighted by Gasteiger charge is -2.33. The first kappa shape index (κ1) is 23.7. The number of para-hydroxylation sites is 2. The molecular weight excluding hydrogens is 428 g/mol. The third kappa shape index (κ3) is 6.53. The van der Waals surface area contributed by atoms with Crippen LogP contribution in [0.5, 0.6) is 5.75 Å². The van der Waals surface area contributed by atoms with Crippen molar-refractivity contribution in [2.75, 3.05) is 26.2 Å². The van der Waals surface area contributed by atoms with Crippen LogP contribution in [0, 0.1) is 10.1 Å². The highest BCUT2D eigenvalue weighted by Gasteiger charge is 2.24. The number of benzene rings is 3. The summed E-state index contributed by atoms with van der Waals surface area (Å²) in [5.41, 5.74) is 2.35. The van der Waals surface area contributed by atoms with Crippen LogP contribution in [0.3, 0.4) is 0 Å². The summed E-state index contributed by atoms with van der Waals surface area (Å²) in [6.45, 7) is 3.07. The highest BCUT2D eigenvalue weighted by molar-refractivity contribution is 5.45. The van der Waals surface area contributed by atoms with Gasteiger partial charge in [-0.25, -0.2) is 0 Å². The van der Waals surface area contributed by atoms with E-state index in [0.717, 1.165) is 32.5 Å². The molecule has 0 radical (unpaired) electrons. The maximum atomic E-state index is 11.1. The van der Waals surface area contributed by atoms with E-state index in [1.165, 1.54) is 17.2 Å². The fourth-order valence-electron chi connectivity index (χ4n) is 4.19. The lowest BCUT2D eigenvalue weighted by molar-refractivity contribution is -0.385. The molecule has 0 N–H and O–H groups in total. The van der Waals surface area contributed by atoms with Gasteiger partial charge in [-0.2, -0.15) is 0 Å². The highest BCUT2D eigenvalue weighted by atomic mass is 16.6. The summed E-state index contributed by atoms with van der Waals surface area (Å²) in [7, 11) is 0. The normalized spacial score (nSPS) is 15.1. The maximum absolute atomic E-state index is 11.1. The molecule has 0 aliphatic carbocycles. The molecule has 0 atom stereocenters. The number of ether oxygens (including phenoxy) is 2. The largest absolute Gasteiger partial charge is 0.483 e. The molecule has 1 aliphatic rings. The molecule has 176 valence electrons. The Balaban J connectivity index is 1.24. The quantitative estimate of drug-likeness (QED) is 0.218. The number of piperidine rings is 1. The smallest absolute Gasteiger partial charge is 0.310 e. The Morgan fingerprint density at radius 3 is 2.09 bits per heavy atom. The predicted molar refractivity (Wildman–Crippen MR) is 133 cm³/mol. The van der Waals surface area contributed by atoms with Gasteiger partial charge in [0.2, 0.25) is 0 Å². The zero-order valence-electron chi connectivity index (χ0n) is 19.2. The lowest BCUT2D eigenvalue weighted by Crippen LogP contribution is -2.37. The first-order chi connectivity index (χ1) is 16.7. The zero-order valence-corrected chi connectivity index (χ0v) is 19.2. The van der Waals surface area contributed by atoms with Crippen molar-refractivity contribution in [3.8, 4) is 5.75 Å². The number of hydrogen-bond donors (Lipinski definition) is 0.